The van der Waals surface area contributed by atoms with Crippen molar-refractivity contribution in [2.24, 2.45) is 23.7 Å². The third-order valence-electron chi connectivity index (χ3n) is 11.8. The number of carbonyl (C=O) groups is 4. The van der Waals surface area contributed by atoms with Crippen LogP contribution in [-0.2, 0) is 28.5 Å². The average Bonchev–Trinajstić information content (AvgIpc) is 3.72. The largest absolute Gasteiger partial charge is 0.462 e. The van der Waals surface area contributed by atoms with Crippen molar-refractivity contribution < 1.29 is 48.0 Å². The second kappa shape index (κ2) is 17.3. The summed E-state index contributed by atoms with van der Waals surface area (Å²) in [4.78, 5) is 69.7. The predicted octanol–water partition coefficient (Wildman–Crippen LogP) is 8.09. The van der Waals surface area contributed by atoms with Gasteiger partial charge in [0.25, 0.3) is 11.4 Å². The van der Waals surface area contributed by atoms with Crippen LogP contribution in [0.2, 0.25) is 0 Å². The summed E-state index contributed by atoms with van der Waals surface area (Å²) in [6.45, 7) is 4.07. The maximum absolute atomic E-state index is 12.5. The molecule has 0 spiro atoms. The van der Waals surface area contributed by atoms with Crippen molar-refractivity contribution >= 4 is 34.9 Å². The Bertz CT molecular complexity index is 2170. The molecule has 8 atom stereocenters. The van der Waals surface area contributed by atoms with Crippen molar-refractivity contribution in [3.05, 3.63) is 176 Å². The van der Waals surface area contributed by atoms with Gasteiger partial charge in [0.15, 0.2) is 11.6 Å². The van der Waals surface area contributed by atoms with Gasteiger partial charge in [-0.3, -0.25) is 29.8 Å². The van der Waals surface area contributed by atoms with Gasteiger partial charge in [0, 0.05) is 60.8 Å². The summed E-state index contributed by atoms with van der Waals surface area (Å²) in [6, 6.07) is 29.9. The first kappa shape index (κ1) is 41.5. The molecule has 14 heteroatoms. The Kier molecular flexibility index (Phi) is 12.0. The summed E-state index contributed by atoms with van der Waals surface area (Å²) in [6.07, 6.45) is 6.75. The van der Waals surface area contributed by atoms with E-state index in [9.17, 15) is 39.4 Å². The SMILES string of the molecule is C[C@@]12C=CC(=O)C[C@@H]1[C@@H](COC(=O)c1ccc([N+](=O)[O-])cc1)[C@@H](c1ccccc1)O2.C[C@@]12C=CC(=O)C[C@@H]1[C@@H](COC(=O)c1ccc([N+](=O)[O-])cc1)[C@@H](c1ccccc1)O2. The standard InChI is InChI=1S/2C23H21NO6/c2*1-23-12-11-18(25)13-20(23)19(21(30-23)15-5-3-2-4-6-15)14-29-22(26)16-7-9-17(10-8-16)24(27)28/h2*2-12,19-21H,13-14H2,1H3/t2*19-,20-,21-,23-/m11/s1. The van der Waals surface area contributed by atoms with Gasteiger partial charge < -0.3 is 18.9 Å². The Hall–Kier alpha value is -6.64. The molecule has 0 saturated carbocycles. The molecule has 0 N–H and O–H groups in total. The van der Waals surface area contributed by atoms with E-state index in [1.54, 1.807) is 24.3 Å². The summed E-state index contributed by atoms with van der Waals surface area (Å²) in [5.74, 6) is -1.72. The summed E-state index contributed by atoms with van der Waals surface area (Å²) in [7, 11) is 0. The highest BCUT2D eigenvalue weighted by Gasteiger charge is 2.54. The van der Waals surface area contributed by atoms with Crippen molar-refractivity contribution in [3.63, 3.8) is 0 Å². The molecule has 4 aromatic rings. The Balaban J connectivity index is 0.000000181. The lowest BCUT2D eigenvalue weighted by Crippen LogP contribution is -2.37. The van der Waals surface area contributed by atoms with E-state index in [-0.39, 0.29) is 83.2 Å². The van der Waals surface area contributed by atoms with E-state index in [1.807, 2.05) is 74.5 Å². The first-order valence-electron chi connectivity index (χ1n) is 19.5. The van der Waals surface area contributed by atoms with E-state index >= 15 is 0 Å². The molecule has 0 unspecified atom stereocenters. The second-order valence-electron chi connectivity index (χ2n) is 15.6. The number of fused-ring (bicyclic) bond motifs is 2. The van der Waals surface area contributed by atoms with Crippen LogP contribution in [0.15, 0.2) is 133 Å². The molecule has 60 heavy (non-hydrogen) atoms. The zero-order chi connectivity index (χ0) is 42.6. The van der Waals surface area contributed by atoms with Gasteiger partial charge in [-0.25, -0.2) is 9.59 Å². The Morgan fingerprint density at radius 2 is 0.950 bits per heavy atom. The minimum atomic E-state index is -0.612. The molecule has 0 radical (unpaired) electrons. The van der Waals surface area contributed by atoms with Gasteiger partial charge in [-0.1, -0.05) is 60.7 Å². The van der Waals surface area contributed by atoms with Gasteiger partial charge in [-0.2, -0.15) is 0 Å². The Morgan fingerprint density at radius 3 is 1.28 bits per heavy atom. The molecular formula is C46H42N2O12. The molecule has 14 nitrogen and oxygen atoms in total. The minimum absolute atomic E-state index is 0.0292. The van der Waals surface area contributed by atoms with Crippen molar-refractivity contribution in [2.75, 3.05) is 13.2 Å². The van der Waals surface area contributed by atoms with Crippen molar-refractivity contribution in [3.8, 4) is 0 Å². The van der Waals surface area contributed by atoms with Crippen LogP contribution in [0.3, 0.4) is 0 Å². The molecule has 0 bridgehead atoms. The fourth-order valence-electron chi connectivity index (χ4n) is 8.56. The lowest BCUT2D eigenvalue weighted by atomic mass is 9.74. The Morgan fingerprint density at radius 1 is 0.600 bits per heavy atom. The molecule has 2 heterocycles. The number of ketones is 2. The van der Waals surface area contributed by atoms with Crippen molar-refractivity contribution in [2.45, 2.75) is 50.1 Å². The van der Waals surface area contributed by atoms with E-state index in [0.717, 1.165) is 11.1 Å². The molecule has 2 fully saturated rings. The normalized spacial score (nSPS) is 27.5. The van der Waals surface area contributed by atoms with E-state index in [2.05, 4.69) is 0 Å². The lowest BCUT2D eigenvalue weighted by Gasteiger charge is -2.31. The predicted molar refractivity (Wildman–Crippen MR) is 216 cm³/mol. The van der Waals surface area contributed by atoms with Gasteiger partial charge in [0.05, 0.1) is 57.6 Å². The number of rotatable bonds is 10. The first-order valence-corrected chi connectivity index (χ1v) is 19.5. The number of non-ortho nitro benzene ring substituents is 2. The lowest BCUT2D eigenvalue weighted by molar-refractivity contribution is -0.385. The van der Waals surface area contributed by atoms with E-state index in [1.165, 1.54) is 48.5 Å². The molecule has 4 aromatic carbocycles. The van der Waals surface area contributed by atoms with Gasteiger partial charge in [-0.15, -0.1) is 0 Å². The van der Waals surface area contributed by atoms with E-state index in [4.69, 9.17) is 18.9 Å². The van der Waals surface area contributed by atoms with Gasteiger partial charge in [0.1, 0.15) is 0 Å². The Labute approximate surface area is 345 Å². The molecule has 0 aromatic heterocycles. The summed E-state index contributed by atoms with van der Waals surface area (Å²) >= 11 is 0. The first-order chi connectivity index (χ1) is 28.7. The van der Waals surface area contributed by atoms with Crippen LogP contribution in [0, 0.1) is 43.9 Å². The van der Waals surface area contributed by atoms with Crippen LogP contribution >= 0.6 is 0 Å². The number of benzene rings is 4. The molecule has 0 amide bonds. The highest BCUT2D eigenvalue weighted by atomic mass is 16.6. The molecule has 2 aliphatic carbocycles. The van der Waals surface area contributed by atoms with Crippen LogP contribution in [0.1, 0.15) is 70.7 Å². The highest BCUT2D eigenvalue weighted by Crippen LogP contribution is 2.53. The monoisotopic (exact) mass is 814 g/mol. The maximum Gasteiger partial charge on any atom is 0.338 e. The number of carbonyl (C=O) groups excluding carboxylic acids is 4. The number of nitro groups is 2. The van der Waals surface area contributed by atoms with Crippen LogP contribution in [0.4, 0.5) is 11.4 Å². The fraction of sp³-hybridized carbons (Fsp3) is 0.304. The number of esters is 2. The number of nitrogens with zero attached hydrogens (tertiary/aromatic N) is 2. The average molecular weight is 815 g/mol. The second-order valence-corrected chi connectivity index (χ2v) is 15.6. The zero-order valence-electron chi connectivity index (χ0n) is 32.8. The van der Waals surface area contributed by atoms with Crippen molar-refractivity contribution in [1.29, 1.82) is 0 Å². The highest BCUT2D eigenvalue weighted by molar-refractivity contribution is 5.92. The smallest absolute Gasteiger partial charge is 0.338 e. The maximum atomic E-state index is 12.5. The number of hydrogen-bond donors (Lipinski definition) is 0. The molecule has 308 valence electrons. The minimum Gasteiger partial charge on any atom is -0.462 e. The fourth-order valence-corrected chi connectivity index (χ4v) is 8.56. The third-order valence-corrected chi connectivity index (χ3v) is 11.8. The van der Waals surface area contributed by atoms with E-state index < -0.39 is 33.0 Å². The molecule has 8 rings (SSSR count). The van der Waals surface area contributed by atoms with Gasteiger partial charge >= 0.3 is 11.9 Å². The topological polar surface area (TPSA) is 191 Å². The summed E-state index contributed by atoms with van der Waals surface area (Å²) in [5.41, 5.74) is 0.982. The summed E-state index contributed by atoms with van der Waals surface area (Å²) in [5, 5.41) is 21.6. The molecular weight excluding hydrogens is 773 g/mol. The van der Waals surface area contributed by atoms with E-state index in [0.29, 0.717) is 12.8 Å². The van der Waals surface area contributed by atoms with Crippen LogP contribution in [0.5, 0.6) is 0 Å². The zero-order valence-corrected chi connectivity index (χ0v) is 32.8. The number of nitro benzene ring substituents is 2. The number of hydrogen-bond acceptors (Lipinski definition) is 12. The van der Waals surface area contributed by atoms with Crippen LogP contribution in [0.25, 0.3) is 0 Å². The molecule has 4 aliphatic rings. The number of allylic oxidation sites excluding steroid dienone is 2. The van der Waals surface area contributed by atoms with Crippen LogP contribution < -0.4 is 0 Å². The van der Waals surface area contributed by atoms with Gasteiger partial charge in [-0.05, 0) is 73.5 Å². The summed E-state index contributed by atoms with van der Waals surface area (Å²) < 4.78 is 23.9. The third kappa shape index (κ3) is 8.84. The quantitative estimate of drug-likeness (QED) is 0.0851. The molecule has 2 saturated heterocycles. The molecule has 2 aliphatic heterocycles. The van der Waals surface area contributed by atoms with Gasteiger partial charge in [0.2, 0.25) is 0 Å². The van der Waals surface area contributed by atoms with Crippen molar-refractivity contribution in [1.82, 2.24) is 0 Å². The number of ether oxygens (including phenoxy) is 4. The van der Waals surface area contributed by atoms with Crippen LogP contribution in [-0.4, -0.2) is 57.8 Å².